The van der Waals surface area contributed by atoms with Crippen molar-refractivity contribution < 1.29 is 18.7 Å². The Bertz CT molecular complexity index is 1050. The van der Waals surface area contributed by atoms with Crippen molar-refractivity contribution in [2.45, 2.75) is 6.92 Å². The van der Waals surface area contributed by atoms with E-state index >= 15 is 0 Å². The highest BCUT2D eigenvalue weighted by molar-refractivity contribution is 7.16. The molecule has 2 N–H and O–H groups in total. The Morgan fingerprint density at radius 3 is 2.72 bits per heavy atom. The van der Waals surface area contributed by atoms with Crippen LogP contribution < -0.4 is 10.9 Å². The maximum Gasteiger partial charge on any atom is 0.340 e. The van der Waals surface area contributed by atoms with E-state index in [0.29, 0.717) is 21.0 Å². The first-order valence-corrected chi connectivity index (χ1v) is 8.36. The van der Waals surface area contributed by atoms with Gasteiger partial charge in [-0.05, 0) is 37.3 Å². The number of fused-ring (bicyclic) bond motifs is 1. The molecule has 6 nitrogen and oxygen atoms in total. The van der Waals surface area contributed by atoms with Crippen molar-refractivity contribution in [3.63, 3.8) is 0 Å². The second-order valence-electron chi connectivity index (χ2n) is 5.22. The van der Waals surface area contributed by atoms with Gasteiger partial charge in [0.1, 0.15) is 16.1 Å². The maximum atomic E-state index is 12.6. The molecular formula is C17H13ClN2O4S. The van der Waals surface area contributed by atoms with E-state index < -0.39 is 11.9 Å². The Morgan fingerprint density at radius 2 is 2.00 bits per heavy atom. The van der Waals surface area contributed by atoms with Gasteiger partial charge in [-0.15, -0.1) is 11.3 Å². The van der Waals surface area contributed by atoms with E-state index in [-0.39, 0.29) is 16.7 Å². The minimum Gasteiger partial charge on any atom is -0.465 e. The number of anilines is 1. The third-order valence-electron chi connectivity index (χ3n) is 3.46. The summed E-state index contributed by atoms with van der Waals surface area (Å²) in [5, 5.41) is 12.0. The van der Waals surface area contributed by atoms with E-state index in [1.54, 1.807) is 24.3 Å². The van der Waals surface area contributed by atoms with Gasteiger partial charge in [-0.25, -0.2) is 4.79 Å². The minimum absolute atomic E-state index is 0.0386. The summed E-state index contributed by atoms with van der Waals surface area (Å²) >= 11 is 7.20. The highest BCUT2D eigenvalue weighted by Crippen LogP contribution is 2.28. The normalized spacial score (nSPS) is 10.7. The number of benzene rings is 1. The summed E-state index contributed by atoms with van der Waals surface area (Å²) in [5.74, 6) is -1.09. The van der Waals surface area contributed by atoms with Crippen LogP contribution in [0.1, 0.15) is 25.6 Å². The second-order valence-corrected chi connectivity index (χ2v) is 6.91. The number of hydrogen-bond acceptors (Lipinski definition) is 6. The summed E-state index contributed by atoms with van der Waals surface area (Å²) in [5.41, 5.74) is 0.482. The van der Waals surface area contributed by atoms with Gasteiger partial charge < -0.3 is 14.5 Å². The van der Waals surface area contributed by atoms with Gasteiger partial charge in [0.25, 0.3) is 5.91 Å². The van der Waals surface area contributed by atoms with Gasteiger partial charge in [0.2, 0.25) is 5.55 Å². The molecule has 128 valence electrons. The molecule has 0 atom stereocenters. The number of esters is 1. The van der Waals surface area contributed by atoms with Crippen molar-refractivity contribution in [3.05, 3.63) is 56.9 Å². The zero-order valence-corrected chi connectivity index (χ0v) is 14.9. The van der Waals surface area contributed by atoms with Crippen LogP contribution in [0.4, 0.5) is 5.00 Å². The molecule has 0 fully saturated rings. The number of rotatable bonds is 3. The van der Waals surface area contributed by atoms with Crippen molar-refractivity contribution in [2.24, 2.45) is 0 Å². The van der Waals surface area contributed by atoms with Gasteiger partial charge in [0.15, 0.2) is 0 Å². The maximum absolute atomic E-state index is 12.6. The van der Waals surface area contributed by atoms with Crippen molar-refractivity contribution in [2.75, 3.05) is 12.4 Å². The lowest BCUT2D eigenvalue weighted by molar-refractivity contribution is 0.0602. The van der Waals surface area contributed by atoms with Crippen LogP contribution in [0.5, 0.6) is 0 Å². The van der Waals surface area contributed by atoms with Crippen LogP contribution in [0.25, 0.3) is 11.0 Å². The van der Waals surface area contributed by atoms with Crippen LogP contribution >= 0.6 is 22.9 Å². The highest BCUT2D eigenvalue weighted by atomic mass is 35.5. The molecule has 0 bridgehead atoms. The number of aryl methyl sites for hydroxylation is 1. The van der Waals surface area contributed by atoms with Crippen LogP contribution in [0.2, 0.25) is 5.02 Å². The van der Waals surface area contributed by atoms with Crippen LogP contribution in [-0.2, 0) is 4.74 Å². The standard InChI is InChI=1S/C17H13ClN2O4S/c1-8-5-12(17(22)23-2)16(25-8)20-15(21)11-7-9-6-10(18)3-4-13(9)24-14(11)19/h3-7,19H,1-2H3,(H,20,21). The molecule has 2 aromatic heterocycles. The molecular weight excluding hydrogens is 364 g/mol. The SMILES string of the molecule is COC(=O)c1cc(C)sc1NC(=O)c1cc2cc(Cl)ccc2oc1=N. The fraction of sp³-hybridized carbons (Fsp3) is 0.118. The molecule has 3 aromatic rings. The fourth-order valence-electron chi connectivity index (χ4n) is 2.32. The summed E-state index contributed by atoms with van der Waals surface area (Å²) < 4.78 is 10.1. The number of nitrogens with one attached hydrogen (secondary N) is 2. The zero-order valence-electron chi connectivity index (χ0n) is 13.3. The van der Waals surface area contributed by atoms with E-state index in [9.17, 15) is 9.59 Å². The van der Waals surface area contributed by atoms with Crippen LogP contribution in [0, 0.1) is 12.3 Å². The number of hydrogen-bond donors (Lipinski definition) is 2. The summed E-state index contributed by atoms with van der Waals surface area (Å²) in [6.45, 7) is 1.82. The Morgan fingerprint density at radius 1 is 1.24 bits per heavy atom. The number of carbonyl (C=O) groups excluding carboxylic acids is 2. The molecule has 0 saturated carbocycles. The quantitative estimate of drug-likeness (QED) is 0.676. The highest BCUT2D eigenvalue weighted by Gasteiger charge is 2.19. The average molecular weight is 377 g/mol. The van der Waals surface area contributed by atoms with Gasteiger partial charge in [0.05, 0.1) is 12.7 Å². The predicted octanol–water partition coefficient (Wildman–Crippen LogP) is 3.97. The van der Waals surface area contributed by atoms with Crippen LogP contribution in [0.15, 0.2) is 34.7 Å². The number of halogens is 1. The predicted molar refractivity (Wildman–Crippen MR) is 95.4 cm³/mol. The zero-order chi connectivity index (χ0) is 18.1. The largest absolute Gasteiger partial charge is 0.465 e. The minimum atomic E-state index is -0.553. The molecule has 0 unspecified atom stereocenters. The van der Waals surface area contributed by atoms with Gasteiger partial charge in [0, 0.05) is 15.3 Å². The average Bonchev–Trinajstić information content (AvgIpc) is 2.94. The number of carbonyl (C=O) groups is 2. The summed E-state index contributed by atoms with van der Waals surface area (Å²) in [4.78, 5) is 25.2. The Labute approximate surface area is 151 Å². The number of ether oxygens (including phenoxy) is 1. The second kappa shape index (κ2) is 6.70. The van der Waals surface area contributed by atoms with Crippen molar-refractivity contribution in [1.82, 2.24) is 0 Å². The van der Waals surface area contributed by atoms with Crippen LogP contribution in [0.3, 0.4) is 0 Å². The van der Waals surface area contributed by atoms with Gasteiger partial charge in [-0.2, -0.15) is 0 Å². The third kappa shape index (κ3) is 3.42. The van der Waals surface area contributed by atoms with E-state index in [1.165, 1.54) is 24.5 Å². The molecule has 8 heteroatoms. The van der Waals surface area contributed by atoms with E-state index in [4.69, 9.17) is 26.2 Å². The van der Waals surface area contributed by atoms with Gasteiger partial charge in [-0.3, -0.25) is 10.2 Å². The molecule has 0 radical (unpaired) electrons. The first kappa shape index (κ1) is 17.2. The molecule has 3 rings (SSSR count). The molecule has 25 heavy (non-hydrogen) atoms. The molecule has 2 heterocycles. The monoisotopic (exact) mass is 376 g/mol. The smallest absolute Gasteiger partial charge is 0.340 e. The Kier molecular flexibility index (Phi) is 4.61. The molecule has 1 aromatic carbocycles. The van der Waals surface area contributed by atoms with Crippen LogP contribution in [-0.4, -0.2) is 19.0 Å². The summed E-state index contributed by atoms with van der Waals surface area (Å²) in [7, 11) is 1.27. The Hall–Kier alpha value is -2.64. The van der Waals surface area contributed by atoms with E-state index in [2.05, 4.69) is 5.32 Å². The summed E-state index contributed by atoms with van der Waals surface area (Å²) in [6.07, 6.45) is 0. The lowest BCUT2D eigenvalue weighted by Gasteiger charge is -2.06. The molecule has 0 saturated heterocycles. The van der Waals surface area contributed by atoms with E-state index in [0.717, 1.165) is 4.88 Å². The van der Waals surface area contributed by atoms with Crippen molar-refractivity contribution >= 4 is 50.8 Å². The van der Waals surface area contributed by atoms with E-state index in [1.807, 2.05) is 6.92 Å². The lowest BCUT2D eigenvalue weighted by Crippen LogP contribution is -2.21. The van der Waals surface area contributed by atoms with Crippen molar-refractivity contribution in [1.29, 1.82) is 5.41 Å². The Balaban J connectivity index is 1.99. The fourth-order valence-corrected chi connectivity index (χ4v) is 3.39. The first-order valence-electron chi connectivity index (χ1n) is 7.17. The third-order valence-corrected chi connectivity index (χ3v) is 4.66. The lowest BCUT2D eigenvalue weighted by atomic mass is 10.1. The molecule has 0 aliphatic carbocycles. The molecule has 0 spiro atoms. The topological polar surface area (TPSA) is 92.4 Å². The number of methoxy groups -OCH3 is 1. The summed E-state index contributed by atoms with van der Waals surface area (Å²) in [6, 6.07) is 8.09. The molecule has 1 amide bonds. The first-order chi connectivity index (χ1) is 11.9. The number of thiophene rings is 1. The van der Waals surface area contributed by atoms with Gasteiger partial charge in [-0.1, -0.05) is 11.6 Å². The number of amides is 1. The van der Waals surface area contributed by atoms with Crippen molar-refractivity contribution in [3.8, 4) is 0 Å². The molecule has 0 aliphatic heterocycles. The van der Waals surface area contributed by atoms with Gasteiger partial charge >= 0.3 is 5.97 Å². The molecule has 0 aliphatic rings.